The van der Waals surface area contributed by atoms with Crippen molar-refractivity contribution in [1.29, 1.82) is 0 Å². The standard InChI is InChI=1S/C18H19F6N7O/c19-17(20,21)13-7-12(27-16(28-13)31-4-1-14(31)18(22,23)24)11-8-26-30(9-11)10-15(32)29-5-2-25-3-6-29/h7-9,14,25H,1-6,10H2/t14-/m1/s1. The van der Waals surface area contributed by atoms with Crippen LogP contribution < -0.4 is 10.2 Å². The second-order valence-corrected chi connectivity index (χ2v) is 7.53. The predicted molar refractivity (Wildman–Crippen MR) is 99.5 cm³/mol. The normalized spacial score (nSPS) is 19.8. The molecule has 8 nitrogen and oxygen atoms in total. The largest absolute Gasteiger partial charge is 0.433 e. The van der Waals surface area contributed by atoms with Crippen LogP contribution in [0.5, 0.6) is 0 Å². The summed E-state index contributed by atoms with van der Waals surface area (Å²) in [4.78, 5) is 22.0. The van der Waals surface area contributed by atoms with E-state index in [0.29, 0.717) is 37.1 Å². The molecule has 2 saturated heterocycles. The third-order valence-corrected chi connectivity index (χ3v) is 5.36. The molecule has 0 bridgehead atoms. The fourth-order valence-electron chi connectivity index (χ4n) is 3.56. The topological polar surface area (TPSA) is 79.2 Å². The Kier molecular flexibility index (Phi) is 5.73. The number of hydrogen-bond donors (Lipinski definition) is 1. The van der Waals surface area contributed by atoms with Crippen LogP contribution in [0.4, 0.5) is 32.3 Å². The van der Waals surface area contributed by atoms with E-state index in [0.717, 1.165) is 0 Å². The van der Waals surface area contributed by atoms with Crippen LogP contribution in [0.2, 0.25) is 0 Å². The lowest BCUT2D eigenvalue weighted by molar-refractivity contribution is -0.160. The Morgan fingerprint density at radius 1 is 1.09 bits per heavy atom. The summed E-state index contributed by atoms with van der Waals surface area (Å²) in [7, 11) is 0. The first kappa shape index (κ1) is 22.3. The van der Waals surface area contributed by atoms with E-state index < -0.39 is 30.0 Å². The van der Waals surface area contributed by atoms with Crippen LogP contribution in [0.15, 0.2) is 18.5 Å². The molecule has 0 aliphatic carbocycles. The van der Waals surface area contributed by atoms with Crippen molar-refractivity contribution in [3.8, 4) is 11.3 Å². The maximum Gasteiger partial charge on any atom is 0.433 e. The molecule has 0 radical (unpaired) electrons. The first-order chi connectivity index (χ1) is 15.0. The number of hydrogen-bond acceptors (Lipinski definition) is 6. The molecule has 174 valence electrons. The van der Waals surface area contributed by atoms with Gasteiger partial charge in [-0.1, -0.05) is 0 Å². The predicted octanol–water partition coefficient (Wildman–Crippen LogP) is 1.93. The molecule has 2 aliphatic heterocycles. The lowest BCUT2D eigenvalue weighted by atomic mass is 10.0. The minimum atomic E-state index is -4.88. The quantitative estimate of drug-likeness (QED) is 0.699. The van der Waals surface area contributed by atoms with Gasteiger partial charge in [-0.25, -0.2) is 9.97 Å². The highest BCUT2D eigenvalue weighted by Crippen LogP contribution is 2.38. The van der Waals surface area contributed by atoms with Gasteiger partial charge in [-0.05, 0) is 12.5 Å². The molecule has 1 N–H and O–H groups in total. The van der Waals surface area contributed by atoms with Crippen molar-refractivity contribution < 1.29 is 31.1 Å². The molecule has 32 heavy (non-hydrogen) atoms. The number of nitrogens with zero attached hydrogens (tertiary/aromatic N) is 6. The van der Waals surface area contributed by atoms with Gasteiger partial charge in [0.1, 0.15) is 12.6 Å². The summed E-state index contributed by atoms with van der Waals surface area (Å²) in [5.74, 6) is -0.845. The summed E-state index contributed by atoms with van der Waals surface area (Å²) >= 11 is 0. The molecular formula is C18H19F6N7O. The third-order valence-electron chi connectivity index (χ3n) is 5.36. The molecule has 1 amide bonds. The van der Waals surface area contributed by atoms with Crippen LogP contribution in [0, 0.1) is 0 Å². The summed E-state index contributed by atoms with van der Waals surface area (Å²) in [6.45, 7) is 2.17. The zero-order valence-corrected chi connectivity index (χ0v) is 16.6. The number of carbonyl (C=O) groups is 1. The number of amides is 1. The molecule has 1 atom stereocenters. The van der Waals surface area contributed by atoms with Crippen LogP contribution in [-0.4, -0.2) is 75.5 Å². The molecule has 4 heterocycles. The zero-order valence-electron chi connectivity index (χ0n) is 16.6. The summed E-state index contributed by atoms with van der Waals surface area (Å²) in [5.41, 5.74) is -1.44. The van der Waals surface area contributed by atoms with Gasteiger partial charge in [0, 0.05) is 44.5 Å². The van der Waals surface area contributed by atoms with Crippen molar-refractivity contribution >= 4 is 11.9 Å². The van der Waals surface area contributed by atoms with Crippen LogP contribution in [0.3, 0.4) is 0 Å². The lowest BCUT2D eigenvalue weighted by Gasteiger charge is -2.41. The van der Waals surface area contributed by atoms with E-state index in [-0.39, 0.29) is 36.7 Å². The molecule has 0 unspecified atom stereocenters. The van der Waals surface area contributed by atoms with Crippen LogP contribution >= 0.6 is 0 Å². The number of piperazine rings is 1. The van der Waals surface area contributed by atoms with Gasteiger partial charge in [0.05, 0.1) is 11.9 Å². The van der Waals surface area contributed by atoms with Gasteiger partial charge in [-0.15, -0.1) is 0 Å². The van der Waals surface area contributed by atoms with E-state index in [1.165, 1.54) is 17.1 Å². The van der Waals surface area contributed by atoms with Crippen molar-refractivity contribution in [2.45, 2.75) is 31.4 Å². The molecule has 4 rings (SSSR count). The Labute approximate surface area is 178 Å². The SMILES string of the molecule is O=C(Cn1cc(-c2cc(C(F)(F)F)nc(N3CC[C@@H]3C(F)(F)F)n2)cn1)N1CCNCC1. The Morgan fingerprint density at radius 3 is 2.41 bits per heavy atom. The highest BCUT2D eigenvalue weighted by Gasteiger charge is 2.50. The summed E-state index contributed by atoms with van der Waals surface area (Å²) in [6.07, 6.45) is -7.17. The van der Waals surface area contributed by atoms with Gasteiger partial charge in [-0.3, -0.25) is 9.48 Å². The van der Waals surface area contributed by atoms with Gasteiger partial charge in [-0.2, -0.15) is 31.4 Å². The number of rotatable bonds is 4. The first-order valence-electron chi connectivity index (χ1n) is 9.83. The molecular weight excluding hydrogens is 444 g/mol. The number of nitrogens with one attached hydrogen (secondary N) is 1. The van der Waals surface area contributed by atoms with Gasteiger partial charge in [0.25, 0.3) is 0 Å². The van der Waals surface area contributed by atoms with E-state index in [9.17, 15) is 31.1 Å². The molecule has 0 aromatic carbocycles. The Hall–Kier alpha value is -2.90. The minimum Gasteiger partial charge on any atom is -0.339 e. The molecule has 2 fully saturated rings. The Balaban J connectivity index is 1.60. The van der Waals surface area contributed by atoms with Gasteiger partial charge >= 0.3 is 12.4 Å². The minimum absolute atomic E-state index is 0.108. The molecule has 0 saturated carbocycles. The molecule has 2 aromatic rings. The van der Waals surface area contributed by atoms with Gasteiger partial charge in [0.15, 0.2) is 5.69 Å². The average Bonchev–Trinajstić information content (AvgIpc) is 3.14. The highest BCUT2D eigenvalue weighted by atomic mass is 19.4. The van der Waals surface area contributed by atoms with Gasteiger partial charge < -0.3 is 15.1 Å². The highest BCUT2D eigenvalue weighted by molar-refractivity contribution is 5.76. The molecule has 2 aromatic heterocycles. The monoisotopic (exact) mass is 463 g/mol. The summed E-state index contributed by atoms with van der Waals surface area (Å²) < 4.78 is 80.6. The summed E-state index contributed by atoms with van der Waals surface area (Å²) in [6, 6.07) is -1.27. The van der Waals surface area contributed by atoms with E-state index in [2.05, 4.69) is 20.4 Å². The van der Waals surface area contributed by atoms with Crippen molar-refractivity contribution in [3.05, 3.63) is 24.2 Å². The maximum absolute atomic E-state index is 13.4. The lowest BCUT2D eigenvalue weighted by Crippen LogP contribution is -2.56. The molecule has 2 aliphatic rings. The number of carbonyl (C=O) groups excluding carboxylic acids is 1. The number of halogens is 6. The number of aromatic nitrogens is 4. The fraction of sp³-hybridized carbons (Fsp3) is 0.556. The first-order valence-corrected chi connectivity index (χ1v) is 9.83. The summed E-state index contributed by atoms with van der Waals surface area (Å²) in [5, 5.41) is 7.12. The third kappa shape index (κ3) is 4.64. The Bertz CT molecular complexity index is 983. The average molecular weight is 463 g/mol. The zero-order chi connectivity index (χ0) is 23.1. The fourth-order valence-corrected chi connectivity index (χ4v) is 3.56. The maximum atomic E-state index is 13.4. The van der Waals surface area contributed by atoms with Crippen molar-refractivity contribution in [3.63, 3.8) is 0 Å². The van der Waals surface area contributed by atoms with E-state index in [1.54, 1.807) is 4.90 Å². The smallest absolute Gasteiger partial charge is 0.339 e. The van der Waals surface area contributed by atoms with Crippen molar-refractivity contribution in [2.24, 2.45) is 0 Å². The van der Waals surface area contributed by atoms with Crippen molar-refractivity contribution in [1.82, 2.24) is 30.0 Å². The van der Waals surface area contributed by atoms with Crippen molar-refractivity contribution in [2.75, 3.05) is 37.6 Å². The van der Waals surface area contributed by atoms with E-state index in [4.69, 9.17) is 0 Å². The van der Waals surface area contributed by atoms with Crippen LogP contribution in [0.1, 0.15) is 12.1 Å². The number of alkyl halides is 6. The Morgan fingerprint density at radius 2 is 1.81 bits per heavy atom. The second kappa shape index (κ2) is 8.22. The number of anilines is 1. The molecule has 14 heteroatoms. The van der Waals surface area contributed by atoms with Gasteiger partial charge in [0.2, 0.25) is 11.9 Å². The van der Waals surface area contributed by atoms with E-state index in [1.807, 2.05) is 0 Å². The van der Waals surface area contributed by atoms with Crippen LogP contribution in [-0.2, 0) is 17.5 Å². The van der Waals surface area contributed by atoms with Crippen LogP contribution in [0.25, 0.3) is 11.3 Å². The molecule has 0 spiro atoms. The van der Waals surface area contributed by atoms with E-state index >= 15 is 0 Å². The second-order valence-electron chi connectivity index (χ2n) is 7.53.